The first-order valence-electron chi connectivity index (χ1n) is 7.32. The molecule has 0 fully saturated rings. The molecule has 0 aliphatic rings. The Bertz CT molecular complexity index is 1080. The maximum atomic E-state index is 12.7. The molecule has 0 amide bonds. The Morgan fingerprint density at radius 3 is 2.38 bits per heavy atom. The van der Waals surface area contributed by atoms with Crippen molar-refractivity contribution in [1.82, 2.24) is 4.57 Å². The van der Waals surface area contributed by atoms with Gasteiger partial charge in [-0.05, 0) is 60.7 Å². The molecule has 4 nitrogen and oxygen atoms in total. The quantitative estimate of drug-likeness (QED) is 0.581. The number of hydrogen-bond acceptors (Lipinski definition) is 3. The zero-order chi connectivity index (χ0) is 16.7. The summed E-state index contributed by atoms with van der Waals surface area (Å²) in [4.78, 5) is 12.7. The molecule has 0 aliphatic carbocycles. The Balaban J connectivity index is 1.86. The summed E-state index contributed by atoms with van der Waals surface area (Å²) in [6, 6.07) is 17.2. The van der Waals surface area contributed by atoms with E-state index in [-0.39, 0.29) is 11.3 Å². The fourth-order valence-electron chi connectivity index (χ4n) is 2.61. The van der Waals surface area contributed by atoms with E-state index < -0.39 is 0 Å². The second-order valence-electron chi connectivity index (χ2n) is 5.40. The molecule has 0 saturated carbocycles. The van der Waals surface area contributed by atoms with E-state index in [9.17, 15) is 9.90 Å². The number of aromatic nitrogens is 1. The van der Waals surface area contributed by atoms with Crippen molar-refractivity contribution in [3.05, 3.63) is 82.2 Å². The molecular weight excluding hydrogens is 326 g/mol. The predicted octanol–water partition coefficient (Wildman–Crippen LogP) is 4.61. The van der Waals surface area contributed by atoms with Gasteiger partial charge in [-0.15, -0.1) is 0 Å². The van der Waals surface area contributed by atoms with E-state index >= 15 is 0 Å². The van der Waals surface area contributed by atoms with Crippen LogP contribution in [0.2, 0.25) is 5.02 Å². The largest absolute Gasteiger partial charge is 0.508 e. The van der Waals surface area contributed by atoms with Crippen LogP contribution in [-0.4, -0.2) is 9.67 Å². The number of pyridine rings is 1. The molecule has 2 aromatic heterocycles. The monoisotopic (exact) mass is 337 g/mol. The lowest BCUT2D eigenvalue weighted by atomic mass is 10.1. The summed E-state index contributed by atoms with van der Waals surface area (Å²) in [6.07, 6.45) is 1.66. The van der Waals surface area contributed by atoms with Gasteiger partial charge in [-0.3, -0.25) is 9.36 Å². The number of aromatic hydroxyl groups is 1. The van der Waals surface area contributed by atoms with Crippen LogP contribution in [0.4, 0.5) is 0 Å². The molecule has 24 heavy (non-hydrogen) atoms. The second kappa shape index (κ2) is 5.58. The summed E-state index contributed by atoms with van der Waals surface area (Å²) in [7, 11) is 0. The summed E-state index contributed by atoms with van der Waals surface area (Å²) in [5.74, 6) is 0.767. The number of phenolic OH excluding ortho intramolecular Hbond substituents is 1. The molecule has 0 saturated heterocycles. The van der Waals surface area contributed by atoms with Gasteiger partial charge in [-0.25, -0.2) is 0 Å². The Labute approximate surface area is 142 Å². The number of halogens is 1. The zero-order valence-electron chi connectivity index (χ0n) is 12.4. The van der Waals surface area contributed by atoms with Crippen LogP contribution in [0, 0.1) is 0 Å². The molecule has 2 aromatic carbocycles. The third-order valence-corrected chi connectivity index (χ3v) is 4.09. The minimum Gasteiger partial charge on any atom is -0.508 e. The average Bonchev–Trinajstić information content (AvgIpc) is 3.02. The third kappa shape index (κ3) is 2.47. The number of fused-ring (bicyclic) bond motifs is 1. The van der Waals surface area contributed by atoms with E-state index in [0.29, 0.717) is 27.4 Å². The standard InChI is InChI=1S/C19H12ClNO3/c20-13-3-1-12(2-4-13)18-11-16-17(24-18)9-10-21(19(16)23)14-5-7-15(22)8-6-14/h1-11,22H. The summed E-state index contributed by atoms with van der Waals surface area (Å²) in [6.45, 7) is 0. The Kier molecular flexibility index (Phi) is 3.40. The third-order valence-electron chi connectivity index (χ3n) is 3.84. The molecule has 0 atom stereocenters. The smallest absolute Gasteiger partial charge is 0.266 e. The molecule has 5 heteroatoms. The van der Waals surface area contributed by atoms with Crippen molar-refractivity contribution in [3.8, 4) is 22.8 Å². The number of nitrogens with zero attached hydrogens (tertiary/aromatic N) is 1. The van der Waals surface area contributed by atoms with Gasteiger partial charge in [0.25, 0.3) is 5.56 Å². The van der Waals surface area contributed by atoms with Crippen molar-refractivity contribution in [1.29, 1.82) is 0 Å². The summed E-state index contributed by atoms with van der Waals surface area (Å²) >= 11 is 5.90. The van der Waals surface area contributed by atoms with Crippen LogP contribution in [0.5, 0.6) is 5.75 Å². The van der Waals surface area contributed by atoms with Crippen LogP contribution in [0.3, 0.4) is 0 Å². The molecule has 4 rings (SSSR count). The first kappa shape index (κ1) is 14.6. The van der Waals surface area contributed by atoms with Crippen molar-refractivity contribution in [3.63, 3.8) is 0 Å². The molecule has 4 aromatic rings. The molecule has 2 heterocycles. The Morgan fingerprint density at radius 1 is 0.958 bits per heavy atom. The molecule has 1 N–H and O–H groups in total. The van der Waals surface area contributed by atoms with Gasteiger partial charge in [-0.1, -0.05) is 11.6 Å². The predicted molar refractivity (Wildman–Crippen MR) is 93.9 cm³/mol. The molecule has 0 unspecified atom stereocenters. The highest BCUT2D eigenvalue weighted by Gasteiger charge is 2.11. The average molecular weight is 338 g/mol. The molecule has 118 valence electrons. The highest BCUT2D eigenvalue weighted by atomic mass is 35.5. The number of furan rings is 1. The van der Waals surface area contributed by atoms with E-state index in [1.807, 2.05) is 12.1 Å². The lowest BCUT2D eigenvalue weighted by molar-refractivity contribution is 0.475. The topological polar surface area (TPSA) is 55.4 Å². The second-order valence-corrected chi connectivity index (χ2v) is 5.84. The van der Waals surface area contributed by atoms with Crippen LogP contribution < -0.4 is 5.56 Å². The SMILES string of the molecule is O=c1c2cc(-c3ccc(Cl)cc3)oc2ccn1-c1ccc(O)cc1. The van der Waals surface area contributed by atoms with Crippen molar-refractivity contribution in [2.24, 2.45) is 0 Å². The van der Waals surface area contributed by atoms with E-state index in [2.05, 4.69) is 0 Å². The van der Waals surface area contributed by atoms with E-state index in [4.69, 9.17) is 16.0 Å². The van der Waals surface area contributed by atoms with Crippen LogP contribution in [0.1, 0.15) is 0 Å². The Morgan fingerprint density at radius 2 is 1.67 bits per heavy atom. The van der Waals surface area contributed by atoms with Crippen LogP contribution >= 0.6 is 11.6 Å². The minimum absolute atomic E-state index is 0.154. The number of hydrogen-bond donors (Lipinski definition) is 1. The van der Waals surface area contributed by atoms with Crippen molar-refractivity contribution < 1.29 is 9.52 Å². The Hall–Kier alpha value is -2.98. The summed E-state index contributed by atoms with van der Waals surface area (Å²) in [5, 5.41) is 10.5. The number of phenols is 1. The van der Waals surface area contributed by atoms with Crippen LogP contribution in [-0.2, 0) is 0 Å². The van der Waals surface area contributed by atoms with E-state index in [0.717, 1.165) is 5.56 Å². The molecule has 0 aliphatic heterocycles. The molecule has 0 radical (unpaired) electrons. The normalized spacial score (nSPS) is 11.0. The number of benzene rings is 2. The van der Waals surface area contributed by atoms with Crippen LogP contribution in [0.25, 0.3) is 28.0 Å². The lowest BCUT2D eigenvalue weighted by Crippen LogP contribution is -2.16. The highest BCUT2D eigenvalue weighted by Crippen LogP contribution is 2.27. The van der Waals surface area contributed by atoms with E-state index in [1.165, 1.54) is 4.57 Å². The van der Waals surface area contributed by atoms with Gasteiger partial charge < -0.3 is 9.52 Å². The van der Waals surface area contributed by atoms with Crippen LogP contribution in [0.15, 0.2) is 76.1 Å². The molecule has 0 spiro atoms. The van der Waals surface area contributed by atoms with Gasteiger partial charge in [0.2, 0.25) is 0 Å². The van der Waals surface area contributed by atoms with Gasteiger partial charge >= 0.3 is 0 Å². The minimum atomic E-state index is -0.179. The first-order chi connectivity index (χ1) is 11.6. The van der Waals surface area contributed by atoms with Gasteiger partial charge in [0.1, 0.15) is 17.1 Å². The lowest BCUT2D eigenvalue weighted by Gasteiger charge is -2.05. The fraction of sp³-hybridized carbons (Fsp3) is 0. The fourth-order valence-corrected chi connectivity index (χ4v) is 2.73. The van der Waals surface area contributed by atoms with Crippen molar-refractivity contribution in [2.75, 3.05) is 0 Å². The molecular formula is C19H12ClNO3. The van der Waals surface area contributed by atoms with Crippen molar-refractivity contribution in [2.45, 2.75) is 0 Å². The summed E-state index contributed by atoms with van der Waals surface area (Å²) in [5.41, 5.74) is 1.88. The maximum Gasteiger partial charge on any atom is 0.266 e. The summed E-state index contributed by atoms with van der Waals surface area (Å²) < 4.78 is 7.31. The highest BCUT2D eigenvalue weighted by molar-refractivity contribution is 6.30. The molecule has 0 bridgehead atoms. The van der Waals surface area contributed by atoms with Crippen molar-refractivity contribution >= 4 is 22.6 Å². The zero-order valence-corrected chi connectivity index (χ0v) is 13.2. The van der Waals surface area contributed by atoms with Gasteiger partial charge in [0.15, 0.2) is 0 Å². The van der Waals surface area contributed by atoms with Gasteiger partial charge in [0, 0.05) is 22.5 Å². The van der Waals surface area contributed by atoms with Gasteiger partial charge in [0.05, 0.1) is 5.39 Å². The number of rotatable bonds is 2. The van der Waals surface area contributed by atoms with Gasteiger partial charge in [-0.2, -0.15) is 0 Å². The van der Waals surface area contributed by atoms with E-state index in [1.54, 1.807) is 54.7 Å². The maximum absolute atomic E-state index is 12.7. The first-order valence-corrected chi connectivity index (χ1v) is 7.70.